The predicted octanol–water partition coefficient (Wildman–Crippen LogP) is 3.50. The molecule has 0 amide bonds. The van der Waals surface area contributed by atoms with Gasteiger partial charge in [0, 0.05) is 5.69 Å². The van der Waals surface area contributed by atoms with Crippen molar-refractivity contribution in [1.29, 1.82) is 0 Å². The second kappa shape index (κ2) is 5.77. The smallest absolute Gasteiger partial charge is 0.261 e. The van der Waals surface area contributed by atoms with Gasteiger partial charge in [0.2, 0.25) is 0 Å². The highest BCUT2D eigenvalue weighted by Crippen LogP contribution is 2.27. The maximum absolute atomic E-state index is 12.5. The lowest BCUT2D eigenvalue weighted by molar-refractivity contribution is 0.601. The number of hydrogen-bond donors (Lipinski definition) is 2. The van der Waals surface area contributed by atoms with Gasteiger partial charge in [-0.2, -0.15) is 0 Å². The molecule has 112 valence electrons. The SMILES string of the molecule is Cc1ccc(S(=O)(=O)Nc2ccccc2C(C)C)cc1N. The van der Waals surface area contributed by atoms with E-state index >= 15 is 0 Å². The van der Waals surface area contributed by atoms with E-state index in [2.05, 4.69) is 4.72 Å². The van der Waals surface area contributed by atoms with Crippen molar-refractivity contribution < 1.29 is 8.42 Å². The van der Waals surface area contributed by atoms with Crippen molar-refractivity contribution in [2.24, 2.45) is 0 Å². The molecule has 21 heavy (non-hydrogen) atoms. The summed E-state index contributed by atoms with van der Waals surface area (Å²) in [4.78, 5) is 0.171. The number of anilines is 2. The van der Waals surface area contributed by atoms with Crippen molar-refractivity contribution in [2.45, 2.75) is 31.6 Å². The number of rotatable bonds is 4. The van der Waals surface area contributed by atoms with Crippen LogP contribution in [-0.2, 0) is 10.0 Å². The van der Waals surface area contributed by atoms with Crippen LogP contribution in [0.3, 0.4) is 0 Å². The first-order valence-corrected chi connectivity index (χ1v) is 8.27. The van der Waals surface area contributed by atoms with Crippen LogP contribution in [0.25, 0.3) is 0 Å². The van der Waals surface area contributed by atoms with Gasteiger partial charge in [-0.05, 0) is 42.2 Å². The molecule has 0 radical (unpaired) electrons. The van der Waals surface area contributed by atoms with Crippen LogP contribution >= 0.6 is 0 Å². The number of hydrogen-bond acceptors (Lipinski definition) is 3. The fourth-order valence-corrected chi connectivity index (χ4v) is 3.21. The summed E-state index contributed by atoms with van der Waals surface area (Å²) in [6, 6.07) is 12.2. The molecule has 5 heteroatoms. The molecule has 0 saturated carbocycles. The van der Waals surface area contributed by atoms with Crippen molar-refractivity contribution in [3.8, 4) is 0 Å². The van der Waals surface area contributed by atoms with Crippen molar-refractivity contribution >= 4 is 21.4 Å². The number of nitrogen functional groups attached to an aromatic ring is 1. The zero-order chi connectivity index (χ0) is 15.6. The van der Waals surface area contributed by atoms with Crippen molar-refractivity contribution in [2.75, 3.05) is 10.5 Å². The maximum Gasteiger partial charge on any atom is 0.261 e. The molecule has 0 aliphatic rings. The van der Waals surface area contributed by atoms with Crippen molar-refractivity contribution in [3.05, 3.63) is 53.6 Å². The average Bonchev–Trinajstić information content (AvgIpc) is 2.41. The highest BCUT2D eigenvalue weighted by Gasteiger charge is 2.17. The van der Waals surface area contributed by atoms with Gasteiger partial charge < -0.3 is 5.73 Å². The Kier molecular flexibility index (Phi) is 4.23. The second-order valence-electron chi connectivity index (χ2n) is 5.37. The number of nitrogens with two attached hydrogens (primary N) is 1. The van der Waals surface area contributed by atoms with Gasteiger partial charge in [-0.25, -0.2) is 8.42 Å². The number of benzene rings is 2. The van der Waals surface area contributed by atoms with Gasteiger partial charge in [0.05, 0.1) is 10.6 Å². The summed E-state index contributed by atoms with van der Waals surface area (Å²) in [7, 11) is -3.64. The second-order valence-corrected chi connectivity index (χ2v) is 7.05. The van der Waals surface area contributed by atoms with Gasteiger partial charge >= 0.3 is 0 Å². The molecule has 0 saturated heterocycles. The zero-order valence-corrected chi connectivity index (χ0v) is 13.2. The van der Waals surface area contributed by atoms with Crippen LogP contribution in [0.5, 0.6) is 0 Å². The summed E-state index contributed by atoms with van der Waals surface area (Å²) in [6.07, 6.45) is 0. The van der Waals surface area contributed by atoms with E-state index in [4.69, 9.17) is 5.73 Å². The van der Waals surface area contributed by atoms with Crippen LogP contribution in [0, 0.1) is 6.92 Å². The quantitative estimate of drug-likeness (QED) is 0.849. The number of nitrogens with one attached hydrogen (secondary N) is 1. The molecule has 2 aromatic rings. The predicted molar refractivity (Wildman–Crippen MR) is 86.9 cm³/mol. The van der Waals surface area contributed by atoms with Gasteiger partial charge in [0.15, 0.2) is 0 Å². The first-order valence-electron chi connectivity index (χ1n) is 6.79. The van der Waals surface area contributed by atoms with E-state index in [0.29, 0.717) is 11.4 Å². The first kappa shape index (κ1) is 15.4. The fraction of sp³-hybridized carbons (Fsp3) is 0.250. The van der Waals surface area contributed by atoms with E-state index in [9.17, 15) is 8.42 Å². The molecule has 2 rings (SSSR count). The largest absolute Gasteiger partial charge is 0.398 e. The maximum atomic E-state index is 12.5. The van der Waals surface area contributed by atoms with Crippen molar-refractivity contribution in [1.82, 2.24) is 0 Å². The van der Waals surface area contributed by atoms with E-state index in [-0.39, 0.29) is 10.8 Å². The lowest BCUT2D eigenvalue weighted by atomic mass is 10.0. The Balaban J connectivity index is 2.40. The Morgan fingerprint density at radius 1 is 1.10 bits per heavy atom. The normalized spacial score (nSPS) is 11.6. The first-order chi connectivity index (χ1) is 9.81. The molecule has 4 nitrogen and oxygen atoms in total. The highest BCUT2D eigenvalue weighted by atomic mass is 32.2. The van der Waals surface area contributed by atoms with Crippen LogP contribution in [0.2, 0.25) is 0 Å². The summed E-state index contributed by atoms with van der Waals surface area (Å²) in [5.74, 6) is 0.229. The molecule has 0 aliphatic carbocycles. The minimum Gasteiger partial charge on any atom is -0.398 e. The minimum absolute atomic E-state index is 0.171. The molecule has 0 unspecified atom stereocenters. The Bertz CT molecular complexity index is 753. The number of aryl methyl sites for hydroxylation is 1. The summed E-state index contributed by atoms with van der Waals surface area (Å²) in [6.45, 7) is 5.89. The van der Waals surface area contributed by atoms with E-state index in [1.165, 1.54) is 6.07 Å². The molecule has 0 bridgehead atoms. The third-order valence-electron chi connectivity index (χ3n) is 3.39. The fourth-order valence-electron chi connectivity index (χ4n) is 2.08. The van der Waals surface area contributed by atoms with Crippen LogP contribution in [-0.4, -0.2) is 8.42 Å². The van der Waals surface area contributed by atoms with Crippen molar-refractivity contribution in [3.63, 3.8) is 0 Å². The van der Waals surface area contributed by atoms with Gasteiger partial charge in [-0.3, -0.25) is 4.72 Å². The highest BCUT2D eigenvalue weighted by molar-refractivity contribution is 7.92. The van der Waals surface area contributed by atoms with Gasteiger partial charge in [0.25, 0.3) is 10.0 Å². The zero-order valence-electron chi connectivity index (χ0n) is 12.4. The van der Waals surface area contributed by atoms with Gasteiger partial charge in [0.1, 0.15) is 0 Å². The molecule has 0 heterocycles. The molecule has 0 aliphatic heterocycles. The van der Waals surface area contributed by atoms with Crippen LogP contribution in [0.15, 0.2) is 47.4 Å². The Morgan fingerprint density at radius 2 is 1.76 bits per heavy atom. The molecule has 2 aromatic carbocycles. The van der Waals surface area contributed by atoms with Gasteiger partial charge in [-0.15, -0.1) is 0 Å². The summed E-state index contributed by atoms with van der Waals surface area (Å²) in [5, 5.41) is 0. The number of para-hydroxylation sites is 1. The third-order valence-corrected chi connectivity index (χ3v) is 4.75. The molecule has 0 aromatic heterocycles. The molecular weight excluding hydrogens is 284 g/mol. The third kappa shape index (κ3) is 3.36. The Morgan fingerprint density at radius 3 is 2.38 bits per heavy atom. The minimum atomic E-state index is -3.64. The molecule has 0 fully saturated rings. The van der Waals surface area contributed by atoms with Crippen LogP contribution in [0.4, 0.5) is 11.4 Å². The van der Waals surface area contributed by atoms with E-state index in [1.807, 2.05) is 39.0 Å². The average molecular weight is 304 g/mol. The van der Waals surface area contributed by atoms with E-state index in [0.717, 1.165) is 11.1 Å². The van der Waals surface area contributed by atoms with E-state index < -0.39 is 10.0 Å². The molecule has 0 atom stereocenters. The monoisotopic (exact) mass is 304 g/mol. The lowest BCUT2D eigenvalue weighted by Gasteiger charge is -2.15. The molecule has 3 N–H and O–H groups in total. The van der Waals surface area contributed by atoms with Crippen LogP contribution < -0.4 is 10.5 Å². The van der Waals surface area contributed by atoms with Crippen LogP contribution in [0.1, 0.15) is 30.9 Å². The van der Waals surface area contributed by atoms with Gasteiger partial charge in [-0.1, -0.05) is 38.1 Å². The molecule has 0 spiro atoms. The summed E-state index contributed by atoms with van der Waals surface area (Å²) in [5.41, 5.74) is 8.68. The standard InChI is InChI=1S/C16H20N2O2S/c1-11(2)14-6-4-5-7-16(14)18-21(19,20)13-9-8-12(3)15(17)10-13/h4-11,18H,17H2,1-3H3. The Hall–Kier alpha value is -2.01. The topological polar surface area (TPSA) is 72.2 Å². The number of sulfonamides is 1. The van der Waals surface area contributed by atoms with E-state index in [1.54, 1.807) is 18.2 Å². The lowest BCUT2D eigenvalue weighted by Crippen LogP contribution is -2.15. The summed E-state index contributed by atoms with van der Waals surface area (Å²) >= 11 is 0. The molecular formula is C16H20N2O2S. The Labute approximate surface area is 126 Å². The summed E-state index contributed by atoms with van der Waals surface area (Å²) < 4.78 is 27.6.